The van der Waals surface area contributed by atoms with E-state index < -0.39 is 5.97 Å². The van der Waals surface area contributed by atoms with Gasteiger partial charge in [0.15, 0.2) is 5.70 Å². The number of aliphatic imine (C=N–C) groups is 1. The van der Waals surface area contributed by atoms with Crippen LogP contribution in [0.5, 0.6) is 0 Å². The summed E-state index contributed by atoms with van der Waals surface area (Å²) in [6, 6.07) is 17.3. The van der Waals surface area contributed by atoms with Gasteiger partial charge in [-0.05, 0) is 29.8 Å². The molecule has 2 aromatic rings. The van der Waals surface area contributed by atoms with E-state index in [0.717, 1.165) is 15.6 Å². The summed E-state index contributed by atoms with van der Waals surface area (Å²) < 4.78 is 6.11. The third-order valence-electron chi connectivity index (χ3n) is 3.03. The van der Waals surface area contributed by atoms with Crippen molar-refractivity contribution in [3.05, 3.63) is 88.0 Å². The molecule has 108 valence electrons. The molecule has 0 amide bonds. The van der Waals surface area contributed by atoms with Gasteiger partial charge in [-0.3, -0.25) is 0 Å². The van der Waals surface area contributed by atoms with Crippen LogP contribution in [-0.4, -0.2) is 11.9 Å². The highest BCUT2D eigenvalue weighted by Crippen LogP contribution is 2.19. The van der Waals surface area contributed by atoms with Gasteiger partial charge < -0.3 is 4.74 Å². The first-order chi connectivity index (χ1) is 10.7. The molecule has 0 spiro atoms. The molecule has 2 aromatic carbocycles. The van der Waals surface area contributed by atoms with Gasteiger partial charge in [-0.2, -0.15) is 0 Å². The average molecular weight is 354 g/mol. The van der Waals surface area contributed by atoms with E-state index in [1.165, 1.54) is 0 Å². The minimum atomic E-state index is -0.437. The van der Waals surface area contributed by atoms with Gasteiger partial charge in [0.25, 0.3) is 0 Å². The minimum absolute atomic E-state index is 0.294. The van der Waals surface area contributed by atoms with Gasteiger partial charge in [0, 0.05) is 10.0 Å². The average Bonchev–Trinajstić information content (AvgIpc) is 2.90. The van der Waals surface area contributed by atoms with Crippen LogP contribution in [0.1, 0.15) is 11.1 Å². The largest absolute Gasteiger partial charge is 0.402 e. The predicted molar refractivity (Wildman–Crippen MR) is 90.3 cm³/mol. The van der Waals surface area contributed by atoms with Gasteiger partial charge in [0.05, 0.1) is 0 Å². The molecule has 0 radical (unpaired) electrons. The van der Waals surface area contributed by atoms with Crippen LogP contribution in [0.15, 0.2) is 81.9 Å². The molecule has 0 fully saturated rings. The second-order valence-electron chi connectivity index (χ2n) is 4.64. The summed E-state index contributed by atoms with van der Waals surface area (Å²) >= 11 is 3.39. The fourth-order valence-electron chi connectivity index (χ4n) is 1.98. The molecule has 0 aliphatic carbocycles. The van der Waals surface area contributed by atoms with Gasteiger partial charge in [0.2, 0.25) is 5.90 Å². The Morgan fingerprint density at radius 2 is 1.86 bits per heavy atom. The standard InChI is InChI=1S/C18H12BrNO2/c19-15-10-5-9-14(12-15)17-20-16(18(21)22-17)11-4-8-13-6-2-1-3-7-13/h1-12H/b8-4+,16-11-. The van der Waals surface area contributed by atoms with Gasteiger partial charge in [-0.25, -0.2) is 9.79 Å². The number of carbonyl (C=O) groups is 1. The number of allylic oxidation sites excluding steroid dienone is 2. The molecular formula is C18H12BrNO2. The molecule has 0 atom stereocenters. The number of hydrogen-bond acceptors (Lipinski definition) is 3. The smallest absolute Gasteiger partial charge is 0.363 e. The second kappa shape index (κ2) is 6.54. The van der Waals surface area contributed by atoms with Crippen LogP contribution in [0.25, 0.3) is 6.08 Å². The van der Waals surface area contributed by atoms with Crippen molar-refractivity contribution in [2.75, 3.05) is 0 Å². The molecular weight excluding hydrogens is 342 g/mol. The quantitative estimate of drug-likeness (QED) is 0.607. The molecule has 0 saturated heterocycles. The van der Waals surface area contributed by atoms with Crippen LogP contribution in [0.2, 0.25) is 0 Å². The lowest BCUT2D eigenvalue weighted by molar-refractivity contribution is -0.130. The molecule has 3 nitrogen and oxygen atoms in total. The summed E-state index contributed by atoms with van der Waals surface area (Å²) in [5.41, 5.74) is 2.11. The van der Waals surface area contributed by atoms with Crippen LogP contribution in [0, 0.1) is 0 Å². The molecule has 1 aliphatic rings. The number of carbonyl (C=O) groups excluding carboxylic acids is 1. The SMILES string of the molecule is O=C1OC(c2cccc(Br)c2)=N/C1=C\C=C\c1ccccc1. The van der Waals surface area contributed by atoms with Crippen LogP contribution < -0.4 is 0 Å². The number of halogens is 1. The maximum absolute atomic E-state index is 11.8. The van der Waals surface area contributed by atoms with Crippen LogP contribution >= 0.6 is 15.9 Å². The van der Waals surface area contributed by atoms with Crippen molar-refractivity contribution >= 4 is 33.9 Å². The van der Waals surface area contributed by atoms with E-state index >= 15 is 0 Å². The number of ether oxygens (including phenoxy) is 1. The Morgan fingerprint density at radius 3 is 2.64 bits per heavy atom. The molecule has 0 bridgehead atoms. The summed E-state index contributed by atoms with van der Waals surface area (Å²) in [4.78, 5) is 16.1. The van der Waals surface area contributed by atoms with E-state index in [2.05, 4.69) is 20.9 Å². The Hall–Kier alpha value is -2.46. The van der Waals surface area contributed by atoms with Crippen molar-refractivity contribution in [1.82, 2.24) is 0 Å². The number of benzene rings is 2. The van der Waals surface area contributed by atoms with Gasteiger partial charge >= 0.3 is 5.97 Å². The number of cyclic esters (lactones) is 1. The summed E-state index contributed by atoms with van der Waals surface area (Å²) in [7, 11) is 0. The van der Waals surface area contributed by atoms with Gasteiger partial charge in [-0.1, -0.05) is 64.5 Å². The van der Waals surface area contributed by atoms with Gasteiger partial charge in [-0.15, -0.1) is 0 Å². The lowest BCUT2D eigenvalue weighted by Gasteiger charge is -1.99. The van der Waals surface area contributed by atoms with Gasteiger partial charge in [0.1, 0.15) is 0 Å². The zero-order valence-electron chi connectivity index (χ0n) is 11.6. The maximum atomic E-state index is 11.8. The highest BCUT2D eigenvalue weighted by Gasteiger charge is 2.23. The monoisotopic (exact) mass is 353 g/mol. The first-order valence-electron chi connectivity index (χ1n) is 6.72. The van der Waals surface area contributed by atoms with Crippen molar-refractivity contribution in [3.63, 3.8) is 0 Å². The van der Waals surface area contributed by atoms with E-state index in [1.54, 1.807) is 12.2 Å². The number of hydrogen-bond donors (Lipinski definition) is 0. The summed E-state index contributed by atoms with van der Waals surface area (Å²) in [6.45, 7) is 0. The van der Waals surface area contributed by atoms with Crippen LogP contribution in [0.4, 0.5) is 0 Å². The van der Waals surface area contributed by atoms with Crippen LogP contribution in [-0.2, 0) is 9.53 Å². The van der Waals surface area contributed by atoms with Crippen molar-refractivity contribution in [2.45, 2.75) is 0 Å². The molecule has 0 saturated carbocycles. The van der Waals surface area contributed by atoms with E-state index in [4.69, 9.17) is 4.74 Å². The normalized spacial score (nSPS) is 16.1. The van der Waals surface area contributed by atoms with Crippen LogP contribution in [0.3, 0.4) is 0 Å². The van der Waals surface area contributed by atoms with Crippen molar-refractivity contribution in [1.29, 1.82) is 0 Å². The minimum Gasteiger partial charge on any atom is -0.402 e. The van der Waals surface area contributed by atoms with Crippen molar-refractivity contribution in [3.8, 4) is 0 Å². The lowest BCUT2D eigenvalue weighted by Crippen LogP contribution is -2.05. The number of rotatable bonds is 3. The predicted octanol–water partition coefficient (Wildman–Crippen LogP) is 4.35. The van der Waals surface area contributed by atoms with E-state index in [-0.39, 0.29) is 0 Å². The fourth-order valence-corrected chi connectivity index (χ4v) is 2.38. The zero-order valence-corrected chi connectivity index (χ0v) is 13.2. The first kappa shape index (κ1) is 14.5. The first-order valence-corrected chi connectivity index (χ1v) is 7.52. The molecule has 0 N–H and O–H groups in total. The van der Waals surface area contributed by atoms with Crippen molar-refractivity contribution < 1.29 is 9.53 Å². The Balaban J connectivity index is 1.81. The lowest BCUT2D eigenvalue weighted by atomic mass is 10.2. The van der Waals surface area contributed by atoms with E-state index in [1.807, 2.05) is 60.7 Å². The van der Waals surface area contributed by atoms with E-state index in [0.29, 0.717) is 11.6 Å². The highest BCUT2D eigenvalue weighted by molar-refractivity contribution is 9.10. The molecule has 1 aliphatic heterocycles. The number of nitrogens with zero attached hydrogens (tertiary/aromatic N) is 1. The van der Waals surface area contributed by atoms with E-state index in [9.17, 15) is 4.79 Å². The molecule has 0 aromatic heterocycles. The third-order valence-corrected chi connectivity index (χ3v) is 3.53. The molecule has 4 heteroatoms. The summed E-state index contributed by atoms with van der Waals surface area (Å²) in [5.74, 6) is -0.113. The topological polar surface area (TPSA) is 38.7 Å². The summed E-state index contributed by atoms with van der Waals surface area (Å²) in [6.07, 6.45) is 5.35. The number of esters is 1. The molecule has 1 heterocycles. The maximum Gasteiger partial charge on any atom is 0.363 e. The Labute approximate surface area is 136 Å². The summed E-state index contributed by atoms with van der Waals surface area (Å²) in [5, 5.41) is 0. The Bertz CT molecular complexity index is 792. The van der Waals surface area contributed by atoms with Crippen molar-refractivity contribution in [2.24, 2.45) is 4.99 Å². The third kappa shape index (κ3) is 3.40. The molecule has 22 heavy (non-hydrogen) atoms. The highest BCUT2D eigenvalue weighted by atomic mass is 79.9. The fraction of sp³-hybridized carbons (Fsp3) is 0. The second-order valence-corrected chi connectivity index (χ2v) is 5.55. The Kier molecular flexibility index (Phi) is 4.30. The zero-order chi connectivity index (χ0) is 15.4. The molecule has 3 rings (SSSR count). The molecule has 0 unspecified atom stereocenters. The Morgan fingerprint density at radius 1 is 1.05 bits per heavy atom.